The van der Waals surface area contributed by atoms with Crippen LogP contribution in [0.5, 0.6) is 5.75 Å². The molecule has 2 aromatic carbocycles. The monoisotopic (exact) mass is 482 g/mol. The molecular formula is C26H27ClN2O5. The highest BCUT2D eigenvalue weighted by molar-refractivity contribution is 6.32. The lowest BCUT2D eigenvalue weighted by atomic mass is 9.73. The number of anilines is 1. The lowest BCUT2D eigenvalue weighted by Gasteiger charge is -2.34. The van der Waals surface area contributed by atoms with Crippen molar-refractivity contribution in [1.29, 1.82) is 0 Å². The Bertz CT molecular complexity index is 1180. The number of fused-ring (bicyclic) bond motifs is 1. The van der Waals surface area contributed by atoms with Gasteiger partial charge in [-0.3, -0.25) is 19.7 Å². The Kier molecular flexibility index (Phi) is 6.27. The number of rotatable bonds is 6. The van der Waals surface area contributed by atoms with Gasteiger partial charge >= 0.3 is 5.97 Å². The molecule has 2 aromatic rings. The van der Waals surface area contributed by atoms with Crippen LogP contribution in [0, 0.1) is 24.7 Å². The molecule has 0 spiro atoms. The summed E-state index contributed by atoms with van der Waals surface area (Å²) in [5.41, 5.74) is 0.431. The molecule has 4 unspecified atom stereocenters. The molecule has 4 atom stereocenters. The zero-order valence-electron chi connectivity index (χ0n) is 19.4. The predicted molar refractivity (Wildman–Crippen MR) is 130 cm³/mol. The number of aliphatic carboxylic acids is 1. The molecular weight excluding hydrogens is 456 g/mol. The third kappa shape index (κ3) is 3.69. The summed E-state index contributed by atoms with van der Waals surface area (Å²) in [6, 6.07) is 11.7. The van der Waals surface area contributed by atoms with Crippen LogP contribution < -0.4 is 15.0 Å². The second-order valence-corrected chi connectivity index (χ2v) is 9.49. The molecule has 0 radical (unpaired) electrons. The van der Waals surface area contributed by atoms with E-state index in [0.29, 0.717) is 16.5 Å². The SMILES string of the molecule is COc1ccc(/C=C\C2NC(C(=O)O)(C(C)C)C3C(=O)N(c4ccc(C)c(Cl)c4)C(=O)C23)cc1. The molecule has 2 aliphatic heterocycles. The van der Waals surface area contributed by atoms with Gasteiger partial charge in [0.25, 0.3) is 0 Å². The van der Waals surface area contributed by atoms with Crippen LogP contribution in [0.25, 0.3) is 6.08 Å². The first kappa shape index (κ1) is 24.0. The first-order valence-corrected chi connectivity index (χ1v) is 11.5. The zero-order valence-corrected chi connectivity index (χ0v) is 20.2. The van der Waals surface area contributed by atoms with E-state index in [4.69, 9.17) is 16.3 Å². The summed E-state index contributed by atoms with van der Waals surface area (Å²) in [6.45, 7) is 5.32. The molecule has 0 saturated carbocycles. The fraction of sp³-hybridized carbons (Fsp3) is 0.346. The number of carbonyl (C=O) groups is 3. The van der Waals surface area contributed by atoms with Gasteiger partial charge in [-0.05, 0) is 48.2 Å². The van der Waals surface area contributed by atoms with E-state index in [1.807, 2.05) is 37.3 Å². The minimum absolute atomic E-state index is 0.348. The van der Waals surface area contributed by atoms with Gasteiger partial charge < -0.3 is 9.84 Å². The number of carboxylic acid groups (broad SMARTS) is 1. The van der Waals surface area contributed by atoms with Crippen molar-refractivity contribution >= 4 is 41.1 Å². The Morgan fingerprint density at radius 2 is 1.85 bits per heavy atom. The van der Waals surface area contributed by atoms with Gasteiger partial charge in [-0.2, -0.15) is 0 Å². The van der Waals surface area contributed by atoms with Gasteiger partial charge in [0.15, 0.2) is 0 Å². The molecule has 34 heavy (non-hydrogen) atoms. The summed E-state index contributed by atoms with van der Waals surface area (Å²) >= 11 is 6.26. The number of amides is 2. The summed E-state index contributed by atoms with van der Waals surface area (Å²) in [5.74, 6) is -3.76. The van der Waals surface area contributed by atoms with E-state index >= 15 is 0 Å². The largest absolute Gasteiger partial charge is 0.497 e. The van der Waals surface area contributed by atoms with Gasteiger partial charge in [-0.15, -0.1) is 0 Å². The summed E-state index contributed by atoms with van der Waals surface area (Å²) in [7, 11) is 1.58. The van der Waals surface area contributed by atoms with Crippen molar-refractivity contribution in [3.63, 3.8) is 0 Å². The van der Waals surface area contributed by atoms with E-state index in [1.165, 1.54) is 0 Å². The number of carboxylic acids is 1. The fourth-order valence-corrected chi connectivity index (χ4v) is 5.20. The van der Waals surface area contributed by atoms with Crippen molar-refractivity contribution in [3.05, 3.63) is 64.7 Å². The first-order chi connectivity index (χ1) is 16.1. The second kappa shape index (κ2) is 8.89. The summed E-state index contributed by atoms with van der Waals surface area (Å²) in [5, 5.41) is 13.9. The summed E-state index contributed by atoms with van der Waals surface area (Å²) in [4.78, 5) is 40.9. The molecule has 2 fully saturated rings. The van der Waals surface area contributed by atoms with Crippen LogP contribution in [0.1, 0.15) is 25.0 Å². The lowest BCUT2D eigenvalue weighted by Crippen LogP contribution is -2.60. The van der Waals surface area contributed by atoms with Crippen LogP contribution >= 0.6 is 11.6 Å². The Morgan fingerprint density at radius 1 is 1.18 bits per heavy atom. The van der Waals surface area contributed by atoms with Gasteiger partial charge in [-0.25, -0.2) is 4.90 Å². The van der Waals surface area contributed by atoms with E-state index in [-0.39, 0.29) is 0 Å². The molecule has 4 rings (SSSR count). The number of carbonyl (C=O) groups excluding carboxylic acids is 2. The maximum atomic E-state index is 13.6. The maximum absolute atomic E-state index is 13.6. The second-order valence-electron chi connectivity index (χ2n) is 9.08. The number of nitrogens with zero attached hydrogens (tertiary/aromatic N) is 1. The molecule has 2 aliphatic rings. The number of aryl methyl sites for hydroxylation is 1. The minimum Gasteiger partial charge on any atom is -0.497 e. The van der Waals surface area contributed by atoms with Gasteiger partial charge in [0.05, 0.1) is 24.6 Å². The minimum atomic E-state index is -1.59. The number of benzene rings is 2. The van der Waals surface area contributed by atoms with Crippen molar-refractivity contribution < 1.29 is 24.2 Å². The number of methoxy groups -OCH3 is 1. The molecule has 178 valence electrons. The Morgan fingerprint density at radius 3 is 2.41 bits per heavy atom. The van der Waals surface area contributed by atoms with Crippen LogP contribution in [0.2, 0.25) is 5.02 Å². The quantitative estimate of drug-likeness (QED) is 0.606. The van der Waals surface area contributed by atoms with Gasteiger partial charge in [0, 0.05) is 11.1 Å². The van der Waals surface area contributed by atoms with Crippen LogP contribution in [-0.2, 0) is 14.4 Å². The summed E-state index contributed by atoms with van der Waals surface area (Å²) < 4.78 is 5.18. The number of hydrogen-bond acceptors (Lipinski definition) is 5. The average molecular weight is 483 g/mol. The van der Waals surface area contributed by atoms with Crippen LogP contribution in [-0.4, -0.2) is 41.6 Å². The molecule has 0 aliphatic carbocycles. The Balaban J connectivity index is 1.76. The van der Waals surface area contributed by atoms with E-state index < -0.39 is 47.1 Å². The number of nitrogens with one attached hydrogen (secondary N) is 1. The molecule has 7 nitrogen and oxygen atoms in total. The van der Waals surface area contributed by atoms with E-state index in [2.05, 4.69) is 5.32 Å². The number of hydrogen-bond donors (Lipinski definition) is 2. The van der Waals surface area contributed by atoms with Gasteiger partial charge in [-0.1, -0.05) is 55.8 Å². The molecule has 2 saturated heterocycles. The normalized spacial score (nSPS) is 26.5. The predicted octanol–water partition coefficient (Wildman–Crippen LogP) is 3.93. The highest BCUT2D eigenvalue weighted by atomic mass is 35.5. The van der Waals surface area contributed by atoms with E-state index in [1.54, 1.807) is 45.2 Å². The maximum Gasteiger partial charge on any atom is 0.325 e. The molecule has 2 N–H and O–H groups in total. The van der Waals surface area contributed by atoms with Crippen LogP contribution in [0.3, 0.4) is 0 Å². The number of imide groups is 1. The standard InChI is InChI=1S/C26H27ClN2O5/c1-14(2)26(25(32)33)22-21(20(28-26)12-8-16-6-10-18(34-4)11-7-16)23(30)29(24(22)31)17-9-5-15(3)19(27)13-17/h5-14,20-22,28H,1-4H3,(H,32,33)/b12-8-. The summed E-state index contributed by atoms with van der Waals surface area (Å²) in [6.07, 6.45) is 3.58. The third-order valence-corrected chi connectivity index (χ3v) is 7.33. The highest BCUT2D eigenvalue weighted by Crippen LogP contribution is 2.48. The molecule has 2 amide bonds. The number of ether oxygens (including phenoxy) is 1. The van der Waals surface area contributed by atoms with Crippen LogP contribution in [0.4, 0.5) is 5.69 Å². The van der Waals surface area contributed by atoms with Crippen molar-refractivity contribution in [2.75, 3.05) is 12.0 Å². The average Bonchev–Trinajstić information content (AvgIpc) is 3.29. The van der Waals surface area contributed by atoms with Gasteiger partial charge in [0.1, 0.15) is 11.3 Å². The molecule has 2 heterocycles. The fourth-order valence-electron chi connectivity index (χ4n) is 5.03. The van der Waals surface area contributed by atoms with E-state index in [0.717, 1.165) is 16.0 Å². The Hall–Kier alpha value is -3.16. The van der Waals surface area contributed by atoms with Crippen LogP contribution in [0.15, 0.2) is 48.5 Å². The van der Waals surface area contributed by atoms with Crippen molar-refractivity contribution in [2.45, 2.75) is 32.4 Å². The molecule has 0 aromatic heterocycles. The number of halogens is 1. The smallest absolute Gasteiger partial charge is 0.325 e. The van der Waals surface area contributed by atoms with Crippen molar-refractivity contribution in [1.82, 2.24) is 5.32 Å². The topological polar surface area (TPSA) is 95.9 Å². The van der Waals surface area contributed by atoms with E-state index in [9.17, 15) is 19.5 Å². The Labute approximate surface area is 203 Å². The van der Waals surface area contributed by atoms with Crippen molar-refractivity contribution in [2.24, 2.45) is 17.8 Å². The molecule has 0 bridgehead atoms. The zero-order chi connectivity index (χ0) is 24.8. The first-order valence-electron chi connectivity index (χ1n) is 11.1. The third-order valence-electron chi connectivity index (χ3n) is 6.92. The highest BCUT2D eigenvalue weighted by Gasteiger charge is 2.69. The molecule has 8 heteroatoms. The van der Waals surface area contributed by atoms with Gasteiger partial charge in [0.2, 0.25) is 11.8 Å². The van der Waals surface area contributed by atoms with Crippen molar-refractivity contribution in [3.8, 4) is 5.75 Å². The lowest BCUT2D eigenvalue weighted by molar-refractivity contribution is -0.151.